The predicted molar refractivity (Wildman–Crippen MR) is 46.6 cm³/mol. The van der Waals surface area contributed by atoms with E-state index in [0.717, 1.165) is 12.7 Å². The van der Waals surface area contributed by atoms with Crippen molar-refractivity contribution < 1.29 is 13.2 Å². The van der Waals surface area contributed by atoms with Crippen LogP contribution in [0.2, 0.25) is 0 Å². The van der Waals surface area contributed by atoms with E-state index in [-0.39, 0.29) is 11.8 Å². The van der Waals surface area contributed by atoms with Crippen molar-refractivity contribution in [2.24, 2.45) is 11.8 Å². The molecular formula is C8H14O3S. The van der Waals surface area contributed by atoms with Gasteiger partial charge in [0.1, 0.15) is 6.29 Å². The Morgan fingerprint density at radius 2 is 1.92 bits per heavy atom. The molecule has 2 atom stereocenters. The van der Waals surface area contributed by atoms with Gasteiger partial charge in [-0.05, 0) is 26.2 Å². The van der Waals surface area contributed by atoms with E-state index in [0.29, 0.717) is 0 Å². The standard InChI is InChI=1S/C8H14O3S/c1-8(2,12(3,10)11)7-4-6(7)5-9/h5-7H,4H2,1-3H3/t6-,7+/m1/s1. The molecule has 0 aromatic heterocycles. The van der Waals surface area contributed by atoms with Crippen LogP contribution < -0.4 is 0 Å². The van der Waals surface area contributed by atoms with E-state index in [4.69, 9.17) is 0 Å². The van der Waals surface area contributed by atoms with Crippen molar-refractivity contribution in [3.8, 4) is 0 Å². The fourth-order valence-electron chi connectivity index (χ4n) is 1.44. The topological polar surface area (TPSA) is 51.2 Å². The normalized spacial score (nSPS) is 29.9. The van der Waals surface area contributed by atoms with Crippen LogP contribution in [0.4, 0.5) is 0 Å². The van der Waals surface area contributed by atoms with Crippen molar-refractivity contribution in [2.45, 2.75) is 25.0 Å². The molecule has 3 nitrogen and oxygen atoms in total. The van der Waals surface area contributed by atoms with Gasteiger partial charge in [-0.1, -0.05) is 0 Å². The summed E-state index contributed by atoms with van der Waals surface area (Å²) in [6.45, 7) is 3.38. The summed E-state index contributed by atoms with van der Waals surface area (Å²) in [5.41, 5.74) is 0. The zero-order chi connectivity index (χ0) is 9.57. The third-order valence-corrected chi connectivity index (χ3v) is 5.08. The molecule has 0 aliphatic heterocycles. The lowest BCUT2D eigenvalue weighted by Crippen LogP contribution is -2.34. The first-order valence-corrected chi connectivity index (χ1v) is 5.84. The molecule has 12 heavy (non-hydrogen) atoms. The highest BCUT2D eigenvalue weighted by molar-refractivity contribution is 7.92. The van der Waals surface area contributed by atoms with E-state index < -0.39 is 14.6 Å². The zero-order valence-electron chi connectivity index (χ0n) is 7.57. The van der Waals surface area contributed by atoms with Crippen LogP contribution in [-0.4, -0.2) is 25.7 Å². The Morgan fingerprint density at radius 3 is 2.17 bits per heavy atom. The van der Waals surface area contributed by atoms with E-state index in [1.807, 2.05) is 0 Å². The SMILES string of the molecule is CC(C)([C@H]1C[C@@H]1C=O)S(C)(=O)=O. The van der Waals surface area contributed by atoms with Gasteiger partial charge in [0, 0.05) is 12.2 Å². The minimum absolute atomic E-state index is 0.0324. The van der Waals surface area contributed by atoms with Crippen LogP contribution in [0.25, 0.3) is 0 Å². The largest absolute Gasteiger partial charge is 0.303 e. The number of hydrogen-bond acceptors (Lipinski definition) is 3. The van der Waals surface area contributed by atoms with Gasteiger partial charge in [-0.3, -0.25) is 0 Å². The van der Waals surface area contributed by atoms with Gasteiger partial charge in [0.2, 0.25) is 0 Å². The van der Waals surface area contributed by atoms with E-state index >= 15 is 0 Å². The molecule has 0 amide bonds. The smallest absolute Gasteiger partial charge is 0.152 e. The molecule has 0 aromatic rings. The first-order valence-electron chi connectivity index (χ1n) is 3.95. The third kappa shape index (κ3) is 1.40. The molecule has 4 heteroatoms. The monoisotopic (exact) mass is 190 g/mol. The molecule has 0 heterocycles. The second kappa shape index (κ2) is 2.55. The molecule has 0 saturated heterocycles. The Labute approximate surface area is 73.1 Å². The van der Waals surface area contributed by atoms with E-state index in [2.05, 4.69) is 0 Å². The fraction of sp³-hybridized carbons (Fsp3) is 0.875. The van der Waals surface area contributed by atoms with Crippen molar-refractivity contribution in [3.63, 3.8) is 0 Å². The number of sulfone groups is 1. The molecule has 1 aliphatic rings. The van der Waals surface area contributed by atoms with Crippen molar-refractivity contribution in [1.29, 1.82) is 0 Å². The van der Waals surface area contributed by atoms with Crippen LogP contribution in [-0.2, 0) is 14.6 Å². The van der Waals surface area contributed by atoms with Gasteiger partial charge in [-0.15, -0.1) is 0 Å². The van der Waals surface area contributed by atoms with Crippen LogP contribution in [0.1, 0.15) is 20.3 Å². The first-order chi connectivity index (χ1) is 5.30. The second-order valence-electron chi connectivity index (χ2n) is 4.02. The summed E-state index contributed by atoms with van der Waals surface area (Å²) in [7, 11) is -3.04. The molecule has 1 aliphatic carbocycles. The van der Waals surface area contributed by atoms with Gasteiger partial charge in [0.15, 0.2) is 9.84 Å². The number of aldehydes is 1. The molecule has 1 rings (SSSR count). The maximum absolute atomic E-state index is 11.3. The minimum atomic E-state index is -3.04. The Morgan fingerprint density at radius 1 is 1.42 bits per heavy atom. The number of rotatable bonds is 3. The average Bonchev–Trinajstić information content (AvgIpc) is 2.62. The molecule has 0 spiro atoms. The van der Waals surface area contributed by atoms with Gasteiger partial charge < -0.3 is 4.79 Å². The average molecular weight is 190 g/mol. The molecular weight excluding hydrogens is 176 g/mol. The number of carbonyl (C=O) groups excluding carboxylic acids is 1. The molecule has 0 N–H and O–H groups in total. The fourth-order valence-corrected chi connectivity index (χ4v) is 2.26. The summed E-state index contributed by atoms with van der Waals surface area (Å²) in [4.78, 5) is 10.4. The Hall–Kier alpha value is -0.380. The van der Waals surface area contributed by atoms with E-state index in [9.17, 15) is 13.2 Å². The maximum Gasteiger partial charge on any atom is 0.152 e. The van der Waals surface area contributed by atoms with Crippen molar-refractivity contribution in [3.05, 3.63) is 0 Å². The van der Waals surface area contributed by atoms with Gasteiger partial charge >= 0.3 is 0 Å². The lowest BCUT2D eigenvalue weighted by molar-refractivity contribution is -0.109. The highest BCUT2D eigenvalue weighted by Gasteiger charge is 2.52. The Balaban J connectivity index is 2.82. The highest BCUT2D eigenvalue weighted by Crippen LogP contribution is 2.48. The Kier molecular flexibility index (Phi) is 2.07. The number of hydrogen-bond donors (Lipinski definition) is 0. The third-order valence-electron chi connectivity index (χ3n) is 2.86. The summed E-state index contributed by atoms with van der Waals surface area (Å²) < 4.78 is 21.8. The molecule has 0 aromatic carbocycles. The van der Waals surface area contributed by atoms with Gasteiger partial charge in [-0.2, -0.15) is 0 Å². The summed E-state index contributed by atoms with van der Waals surface area (Å²) in [5, 5.41) is 0. The molecule has 1 saturated carbocycles. The van der Waals surface area contributed by atoms with Crippen LogP contribution in [0, 0.1) is 11.8 Å². The first kappa shape index (κ1) is 9.71. The van der Waals surface area contributed by atoms with Gasteiger partial charge in [0.25, 0.3) is 0 Å². The molecule has 0 unspecified atom stereocenters. The predicted octanol–water partition coefficient (Wildman–Crippen LogP) is 0.645. The quantitative estimate of drug-likeness (QED) is 0.614. The van der Waals surface area contributed by atoms with E-state index in [1.165, 1.54) is 6.26 Å². The van der Waals surface area contributed by atoms with Gasteiger partial charge in [-0.25, -0.2) is 8.42 Å². The van der Waals surface area contributed by atoms with Gasteiger partial charge in [0.05, 0.1) is 4.75 Å². The highest BCUT2D eigenvalue weighted by atomic mass is 32.2. The summed E-state index contributed by atoms with van der Waals surface area (Å²) >= 11 is 0. The summed E-state index contributed by atoms with van der Waals surface area (Å²) in [5.74, 6) is -0.000255. The lowest BCUT2D eigenvalue weighted by atomic mass is 10.1. The summed E-state index contributed by atoms with van der Waals surface area (Å²) in [6, 6.07) is 0. The van der Waals surface area contributed by atoms with Crippen LogP contribution >= 0.6 is 0 Å². The molecule has 0 bridgehead atoms. The lowest BCUT2D eigenvalue weighted by Gasteiger charge is -2.21. The van der Waals surface area contributed by atoms with Crippen LogP contribution in [0.15, 0.2) is 0 Å². The molecule has 0 radical (unpaired) electrons. The van der Waals surface area contributed by atoms with Crippen molar-refractivity contribution in [1.82, 2.24) is 0 Å². The minimum Gasteiger partial charge on any atom is -0.303 e. The molecule has 1 fully saturated rings. The zero-order valence-corrected chi connectivity index (χ0v) is 8.39. The van der Waals surface area contributed by atoms with Crippen LogP contribution in [0.5, 0.6) is 0 Å². The van der Waals surface area contributed by atoms with Crippen LogP contribution in [0.3, 0.4) is 0 Å². The van der Waals surface area contributed by atoms with E-state index in [1.54, 1.807) is 13.8 Å². The van der Waals surface area contributed by atoms with Crippen molar-refractivity contribution >= 4 is 16.1 Å². The summed E-state index contributed by atoms with van der Waals surface area (Å²) in [6.07, 6.45) is 2.81. The second-order valence-corrected chi connectivity index (χ2v) is 6.61. The number of carbonyl (C=O) groups is 1. The Bertz CT molecular complexity index is 289. The van der Waals surface area contributed by atoms with Crippen molar-refractivity contribution in [2.75, 3.05) is 6.26 Å². The maximum atomic E-state index is 11.3. The molecule has 70 valence electrons.